The summed E-state index contributed by atoms with van der Waals surface area (Å²) >= 11 is 1.40. The van der Waals surface area contributed by atoms with Crippen molar-refractivity contribution < 1.29 is 18.4 Å². The first-order valence-electron chi connectivity index (χ1n) is 8.26. The number of thiophene rings is 1. The number of carbonyl (C=O) groups excluding carboxylic acids is 2. The molecule has 0 aliphatic heterocycles. The number of rotatable bonds is 7. The third-order valence-electron chi connectivity index (χ3n) is 3.62. The van der Waals surface area contributed by atoms with Gasteiger partial charge in [0.25, 0.3) is 5.91 Å². The fraction of sp³-hybridized carbons (Fsp3) is 0.100. The third-order valence-corrected chi connectivity index (χ3v) is 4.70. The standard InChI is InChI=1S/C20H17FN2O3S/c21-16-5-2-1-4-15(16)18-9-7-14(27-18)8-10-19(24)22-11-12-23-20(25)17-6-3-13-26-17/h1-10,13H,11-12H2,(H,22,24)(H,23,25). The fourth-order valence-corrected chi connectivity index (χ4v) is 3.26. The van der Waals surface area contributed by atoms with Crippen LogP contribution in [0.1, 0.15) is 15.4 Å². The number of halogens is 1. The maximum absolute atomic E-state index is 13.8. The Morgan fingerprint density at radius 3 is 2.63 bits per heavy atom. The van der Waals surface area contributed by atoms with E-state index >= 15 is 0 Å². The highest BCUT2D eigenvalue weighted by Gasteiger charge is 2.08. The largest absolute Gasteiger partial charge is 0.459 e. The van der Waals surface area contributed by atoms with Crippen LogP contribution >= 0.6 is 11.3 Å². The quantitative estimate of drug-likeness (QED) is 0.482. The predicted octanol–water partition coefficient (Wildman–Crippen LogP) is 3.71. The molecular weight excluding hydrogens is 367 g/mol. The van der Waals surface area contributed by atoms with Crippen molar-refractivity contribution in [1.82, 2.24) is 10.6 Å². The van der Waals surface area contributed by atoms with Crippen molar-refractivity contribution in [3.05, 3.63) is 77.3 Å². The Hall–Kier alpha value is -3.19. The second-order valence-electron chi connectivity index (χ2n) is 5.54. The average Bonchev–Trinajstić information content (AvgIpc) is 3.35. The summed E-state index contributed by atoms with van der Waals surface area (Å²) in [6, 6.07) is 13.4. The summed E-state index contributed by atoms with van der Waals surface area (Å²) in [7, 11) is 0. The second kappa shape index (κ2) is 8.95. The van der Waals surface area contributed by atoms with Crippen LogP contribution in [0.5, 0.6) is 0 Å². The zero-order chi connectivity index (χ0) is 19.1. The zero-order valence-electron chi connectivity index (χ0n) is 14.3. The van der Waals surface area contributed by atoms with Gasteiger partial charge in [0.05, 0.1) is 6.26 Å². The Kier molecular flexibility index (Phi) is 6.17. The van der Waals surface area contributed by atoms with E-state index in [-0.39, 0.29) is 29.9 Å². The Morgan fingerprint density at radius 2 is 1.85 bits per heavy atom. The van der Waals surface area contributed by atoms with Crippen molar-refractivity contribution >= 4 is 29.2 Å². The van der Waals surface area contributed by atoms with Gasteiger partial charge in [0.1, 0.15) is 5.82 Å². The molecule has 0 radical (unpaired) electrons. The van der Waals surface area contributed by atoms with Crippen LogP contribution < -0.4 is 10.6 Å². The van der Waals surface area contributed by atoms with Crippen LogP contribution in [0.15, 0.2) is 65.3 Å². The summed E-state index contributed by atoms with van der Waals surface area (Å²) in [5.74, 6) is -0.652. The molecule has 3 rings (SSSR count). The van der Waals surface area contributed by atoms with Crippen LogP contribution in [0.3, 0.4) is 0 Å². The number of amides is 2. The lowest BCUT2D eigenvalue weighted by atomic mass is 10.2. The normalized spacial score (nSPS) is 10.9. The average molecular weight is 384 g/mol. The van der Waals surface area contributed by atoms with Gasteiger partial charge < -0.3 is 15.1 Å². The Labute approximate surface area is 159 Å². The van der Waals surface area contributed by atoms with Gasteiger partial charge in [-0.2, -0.15) is 0 Å². The summed E-state index contributed by atoms with van der Waals surface area (Å²) < 4.78 is 18.8. The molecule has 0 spiro atoms. The van der Waals surface area contributed by atoms with E-state index in [0.29, 0.717) is 12.1 Å². The van der Waals surface area contributed by atoms with Crippen LogP contribution in [-0.2, 0) is 4.79 Å². The van der Waals surface area contributed by atoms with Crippen LogP contribution in [0.25, 0.3) is 16.5 Å². The molecule has 0 atom stereocenters. The lowest BCUT2D eigenvalue weighted by molar-refractivity contribution is -0.116. The van der Waals surface area contributed by atoms with Gasteiger partial charge in [-0.25, -0.2) is 4.39 Å². The molecular formula is C20H17FN2O3S. The summed E-state index contributed by atoms with van der Waals surface area (Å²) in [6.07, 6.45) is 4.50. The molecule has 2 amide bonds. The van der Waals surface area contributed by atoms with Gasteiger partial charge in [0.2, 0.25) is 5.91 Å². The summed E-state index contributed by atoms with van der Waals surface area (Å²) in [6.45, 7) is 0.579. The van der Waals surface area contributed by atoms with Crippen LogP contribution in [0, 0.1) is 5.82 Å². The minimum absolute atomic E-state index is 0.226. The van der Waals surface area contributed by atoms with Crippen molar-refractivity contribution in [1.29, 1.82) is 0 Å². The molecule has 1 aromatic carbocycles. The molecule has 3 aromatic rings. The molecule has 0 saturated carbocycles. The Bertz CT molecular complexity index is 948. The molecule has 0 unspecified atom stereocenters. The summed E-state index contributed by atoms with van der Waals surface area (Å²) in [5, 5.41) is 5.31. The SMILES string of the molecule is O=C(C=Cc1ccc(-c2ccccc2F)s1)NCCNC(=O)c1ccco1. The number of nitrogens with one attached hydrogen (secondary N) is 2. The smallest absolute Gasteiger partial charge is 0.287 e. The maximum atomic E-state index is 13.8. The molecule has 2 aromatic heterocycles. The number of benzene rings is 1. The van der Waals surface area contributed by atoms with Crippen molar-refractivity contribution in [3.63, 3.8) is 0 Å². The third kappa shape index (κ3) is 5.15. The lowest BCUT2D eigenvalue weighted by Gasteiger charge is -2.03. The summed E-state index contributed by atoms with van der Waals surface area (Å²) in [5.41, 5.74) is 0.541. The number of hydrogen-bond acceptors (Lipinski definition) is 4. The van der Waals surface area contributed by atoms with E-state index in [4.69, 9.17) is 4.42 Å². The van der Waals surface area contributed by atoms with Gasteiger partial charge in [-0.15, -0.1) is 11.3 Å². The van der Waals surface area contributed by atoms with E-state index in [9.17, 15) is 14.0 Å². The Balaban J connectivity index is 1.45. The lowest BCUT2D eigenvalue weighted by Crippen LogP contribution is -2.33. The molecule has 5 nitrogen and oxygen atoms in total. The number of carbonyl (C=O) groups is 2. The number of furan rings is 1. The van der Waals surface area contributed by atoms with Gasteiger partial charge in [-0.05, 0) is 36.4 Å². The van der Waals surface area contributed by atoms with Crippen molar-refractivity contribution in [2.75, 3.05) is 13.1 Å². The highest BCUT2D eigenvalue weighted by molar-refractivity contribution is 7.16. The van der Waals surface area contributed by atoms with Crippen molar-refractivity contribution in [3.8, 4) is 10.4 Å². The first-order chi connectivity index (χ1) is 13.1. The van der Waals surface area contributed by atoms with Gasteiger partial charge >= 0.3 is 0 Å². The molecule has 0 aliphatic rings. The van der Waals surface area contributed by atoms with E-state index in [0.717, 1.165) is 9.75 Å². The van der Waals surface area contributed by atoms with E-state index in [2.05, 4.69) is 10.6 Å². The Morgan fingerprint density at radius 1 is 1.04 bits per heavy atom. The van der Waals surface area contributed by atoms with Gasteiger partial charge in [0.15, 0.2) is 5.76 Å². The second-order valence-corrected chi connectivity index (χ2v) is 6.65. The molecule has 0 bridgehead atoms. The maximum Gasteiger partial charge on any atom is 0.287 e. The first-order valence-corrected chi connectivity index (χ1v) is 9.07. The topological polar surface area (TPSA) is 71.3 Å². The molecule has 0 fully saturated rings. The van der Waals surface area contributed by atoms with Gasteiger partial charge in [0, 0.05) is 34.5 Å². The first kappa shape index (κ1) is 18.6. The van der Waals surface area contributed by atoms with Crippen molar-refractivity contribution in [2.45, 2.75) is 0 Å². The van der Waals surface area contributed by atoms with Crippen molar-refractivity contribution in [2.24, 2.45) is 0 Å². The van der Waals surface area contributed by atoms with Gasteiger partial charge in [-0.3, -0.25) is 9.59 Å². The highest BCUT2D eigenvalue weighted by Crippen LogP contribution is 2.30. The van der Waals surface area contributed by atoms with E-state index in [1.165, 1.54) is 29.7 Å². The van der Waals surface area contributed by atoms with E-state index in [1.807, 2.05) is 12.1 Å². The fourth-order valence-electron chi connectivity index (χ4n) is 2.32. The molecule has 2 heterocycles. The molecule has 27 heavy (non-hydrogen) atoms. The summed E-state index contributed by atoms with van der Waals surface area (Å²) in [4.78, 5) is 25.1. The van der Waals surface area contributed by atoms with Crippen LogP contribution in [0.2, 0.25) is 0 Å². The molecule has 7 heteroatoms. The van der Waals surface area contributed by atoms with Gasteiger partial charge in [-0.1, -0.05) is 18.2 Å². The zero-order valence-corrected chi connectivity index (χ0v) is 15.1. The molecule has 0 aliphatic carbocycles. The minimum Gasteiger partial charge on any atom is -0.459 e. The van der Waals surface area contributed by atoms with Crippen LogP contribution in [-0.4, -0.2) is 24.9 Å². The van der Waals surface area contributed by atoms with E-state index in [1.54, 1.807) is 36.4 Å². The molecule has 2 N–H and O–H groups in total. The highest BCUT2D eigenvalue weighted by atomic mass is 32.1. The predicted molar refractivity (Wildman–Crippen MR) is 103 cm³/mol. The number of hydrogen-bond donors (Lipinski definition) is 2. The molecule has 0 saturated heterocycles. The molecule has 138 valence electrons. The van der Waals surface area contributed by atoms with E-state index < -0.39 is 0 Å². The minimum atomic E-state index is -0.330. The van der Waals surface area contributed by atoms with Crippen LogP contribution in [0.4, 0.5) is 4.39 Å². The monoisotopic (exact) mass is 384 g/mol.